The average molecular weight is 211 g/mol. The highest BCUT2D eigenvalue weighted by molar-refractivity contribution is 7.99. The quantitative estimate of drug-likeness (QED) is 0.614. The van der Waals surface area contributed by atoms with Crippen molar-refractivity contribution < 1.29 is 4.74 Å². The summed E-state index contributed by atoms with van der Waals surface area (Å²) in [7, 11) is 1.71. The van der Waals surface area contributed by atoms with Crippen molar-refractivity contribution in [1.82, 2.24) is 0 Å². The Hall–Kier alpha value is -0.670. The standard InChI is InChI=1S/C11H17NOS/c1-4-14-11-6-5-10(12)8(2)9(11)7-13-3/h5-6H,4,7,12H2,1-3H3. The van der Waals surface area contributed by atoms with Crippen LogP contribution in [0.1, 0.15) is 18.1 Å². The summed E-state index contributed by atoms with van der Waals surface area (Å²) in [5.74, 6) is 1.07. The third kappa shape index (κ3) is 2.42. The second kappa shape index (κ2) is 5.27. The Morgan fingerprint density at radius 2 is 2.14 bits per heavy atom. The minimum atomic E-state index is 0.638. The third-order valence-electron chi connectivity index (χ3n) is 2.19. The van der Waals surface area contributed by atoms with E-state index in [1.165, 1.54) is 10.5 Å². The first-order valence-electron chi connectivity index (χ1n) is 4.70. The van der Waals surface area contributed by atoms with Gasteiger partial charge in [-0.1, -0.05) is 6.92 Å². The van der Waals surface area contributed by atoms with Crippen molar-refractivity contribution in [2.24, 2.45) is 0 Å². The number of nitrogens with two attached hydrogens (primary N) is 1. The number of methoxy groups -OCH3 is 1. The molecule has 3 heteroatoms. The predicted molar refractivity (Wildman–Crippen MR) is 62.7 cm³/mol. The smallest absolute Gasteiger partial charge is 0.0727 e. The number of nitrogen functional groups attached to an aromatic ring is 1. The van der Waals surface area contributed by atoms with Crippen LogP contribution in [0.5, 0.6) is 0 Å². The number of ether oxygens (including phenoxy) is 1. The monoisotopic (exact) mass is 211 g/mol. The minimum Gasteiger partial charge on any atom is -0.399 e. The molecule has 1 rings (SSSR count). The molecule has 0 saturated carbocycles. The van der Waals surface area contributed by atoms with E-state index in [2.05, 4.69) is 13.0 Å². The molecule has 1 aromatic rings. The lowest BCUT2D eigenvalue weighted by molar-refractivity contribution is 0.182. The van der Waals surface area contributed by atoms with Gasteiger partial charge < -0.3 is 10.5 Å². The van der Waals surface area contributed by atoms with E-state index in [4.69, 9.17) is 10.5 Å². The molecule has 2 N–H and O–H groups in total. The van der Waals surface area contributed by atoms with Crippen LogP contribution >= 0.6 is 11.8 Å². The molecule has 78 valence electrons. The molecule has 0 unspecified atom stereocenters. The minimum absolute atomic E-state index is 0.638. The van der Waals surface area contributed by atoms with Crippen molar-refractivity contribution in [1.29, 1.82) is 0 Å². The number of thioether (sulfide) groups is 1. The van der Waals surface area contributed by atoms with Gasteiger partial charge in [0.25, 0.3) is 0 Å². The molecule has 2 nitrogen and oxygen atoms in total. The number of hydrogen-bond acceptors (Lipinski definition) is 3. The van der Waals surface area contributed by atoms with Crippen molar-refractivity contribution in [2.45, 2.75) is 25.3 Å². The number of benzene rings is 1. The normalized spacial score (nSPS) is 10.5. The highest BCUT2D eigenvalue weighted by Crippen LogP contribution is 2.28. The molecule has 0 aliphatic heterocycles. The molecule has 0 fully saturated rings. The van der Waals surface area contributed by atoms with Crippen LogP contribution in [-0.4, -0.2) is 12.9 Å². The largest absolute Gasteiger partial charge is 0.399 e. The van der Waals surface area contributed by atoms with Gasteiger partial charge in [-0.3, -0.25) is 0 Å². The highest BCUT2D eigenvalue weighted by atomic mass is 32.2. The van der Waals surface area contributed by atoms with Crippen molar-refractivity contribution in [3.05, 3.63) is 23.3 Å². The van der Waals surface area contributed by atoms with Crippen LogP contribution in [-0.2, 0) is 11.3 Å². The molecule has 0 aliphatic carbocycles. The summed E-state index contributed by atoms with van der Waals surface area (Å²) in [5.41, 5.74) is 9.06. The summed E-state index contributed by atoms with van der Waals surface area (Å²) in [5, 5.41) is 0. The van der Waals surface area contributed by atoms with Gasteiger partial charge in [0.15, 0.2) is 0 Å². The first-order valence-corrected chi connectivity index (χ1v) is 5.69. The molecule has 0 amide bonds. The van der Waals surface area contributed by atoms with Crippen molar-refractivity contribution in [3.8, 4) is 0 Å². The Morgan fingerprint density at radius 3 is 2.71 bits per heavy atom. The van der Waals surface area contributed by atoms with Gasteiger partial charge >= 0.3 is 0 Å². The molecule has 0 bridgehead atoms. The van der Waals surface area contributed by atoms with E-state index >= 15 is 0 Å². The summed E-state index contributed by atoms with van der Waals surface area (Å²) in [6.45, 7) is 4.83. The first-order chi connectivity index (χ1) is 6.70. The number of anilines is 1. The predicted octanol–water partition coefficient (Wildman–Crippen LogP) is 2.84. The summed E-state index contributed by atoms with van der Waals surface area (Å²) >= 11 is 1.83. The molecule has 14 heavy (non-hydrogen) atoms. The zero-order chi connectivity index (χ0) is 10.6. The van der Waals surface area contributed by atoms with Gasteiger partial charge in [0.1, 0.15) is 0 Å². The maximum absolute atomic E-state index is 5.85. The van der Waals surface area contributed by atoms with Gasteiger partial charge in [-0.15, -0.1) is 11.8 Å². The van der Waals surface area contributed by atoms with E-state index in [1.807, 2.05) is 24.8 Å². The van der Waals surface area contributed by atoms with E-state index in [0.29, 0.717) is 6.61 Å². The Balaban J connectivity index is 3.08. The summed E-state index contributed by atoms with van der Waals surface area (Å²) in [6.07, 6.45) is 0. The zero-order valence-corrected chi connectivity index (χ0v) is 9.78. The van der Waals surface area contributed by atoms with Gasteiger partial charge in [0, 0.05) is 17.7 Å². The first kappa shape index (κ1) is 11.4. The van der Waals surface area contributed by atoms with E-state index in [0.717, 1.165) is 17.0 Å². The van der Waals surface area contributed by atoms with Crippen LogP contribution in [0.15, 0.2) is 17.0 Å². The van der Waals surface area contributed by atoms with Crippen LogP contribution in [0.2, 0.25) is 0 Å². The summed E-state index contributed by atoms with van der Waals surface area (Å²) in [4.78, 5) is 1.28. The van der Waals surface area contributed by atoms with E-state index < -0.39 is 0 Å². The van der Waals surface area contributed by atoms with Gasteiger partial charge in [-0.2, -0.15) is 0 Å². The topological polar surface area (TPSA) is 35.2 Å². The van der Waals surface area contributed by atoms with Gasteiger partial charge in [-0.05, 0) is 35.9 Å². The second-order valence-corrected chi connectivity index (χ2v) is 4.43. The molecule has 1 aromatic carbocycles. The van der Waals surface area contributed by atoms with E-state index in [1.54, 1.807) is 7.11 Å². The number of rotatable bonds is 4. The van der Waals surface area contributed by atoms with E-state index in [9.17, 15) is 0 Å². The van der Waals surface area contributed by atoms with Gasteiger partial charge in [-0.25, -0.2) is 0 Å². The molecule has 0 atom stereocenters. The lowest BCUT2D eigenvalue weighted by atomic mass is 10.1. The van der Waals surface area contributed by atoms with Crippen molar-refractivity contribution in [3.63, 3.8) is 0 Å². The molecule has 0 aromatic heterocycles. The third-order valence-corrected chi connectivity index (χ3v) is 3.17. The maximum atomic E-state index is 5.85. The van der Waals surface area contributed by atoms with Crippen LogP contribution in [0.3, 0.4) is 0 Å². The maximum Gasteiger partial charge on any atom is 0.0727 e. The number of hydrogen-bond donors (Lipinski definition) is 1. The molecule has 0 aliphatic rings. The molecular formula is C11H17NOS. The molecule has 0 spiro atoms. The SMILES string of the molecule is CCSc1ccc(N)c(C)c1COC. The van der Waals surface area contributed by atoms with Crippen molar-refractivity contribution in [2.75, 3.05) is 18.6 Å². The highest BCUT2D eigenvalue weighted by Gasteiger charge is 2.07. The molecule has 0 radical (unpaired) electrons. The fourth-order valence-electron chi connectivity index (χ4n) is 1.36. The summed E-state index contributed by atoms with van der Waals surface area (Å²) in [6, 6.07) is 4.04. The Morgan fingerprint density at radius 1 is 1.43 bits per heavy atom. The zero-order valence-electron chi connectivity index (χ0n) is 8.96. The lowest BCUT2D eigenvalue weighted by Gasteiger charge is -2.12. The molecule has 0 saturated heterocycles. The average Bonchev–Trinajstić information content (AvgIpc) is 2.18. The van der Waals surface area contributed by atoms with Gasteiger partial charge in [0.2, 0.25) is 0 Å². The van der Waals surface area contributed by atoms with Gasteiger partial charge in [0.05, 0.1) is 6.61 Å². The lowest BCUT2D eigenvalue weighted by Crippen LogP contribution is -1.99. The Labute approximate surface area is 89.8 Å². The van der Waals surface area contributed by atoms with Crippen molar-refractivity contribution >= 4 is 17.4 Å². The Bertz CT molecular complexity index is 312. The van der Waals surface area contributed by atoms with Crippen LogP contribution in [0.25, 0.3) is 0 Å². The van der Waals surface area contributed by atoms with Crippen LogP contribution in [0.4, 0.5) is 5.69 Å². The van der Waals surface area contributed by atoms with E-state index in [-0.39, 0.29) is 0 Å². The molecular weight excluding hydrogens is 194 g/mol. The fourth-order valence-corrected chi connectivity index (χ4v) is 2.23. The van der Waals surface area contributed by atoms with Crippen LogP contribution < -0.4 is 5.73 Å². The van der Waals surface area contributed by atoms with Crippen LogP contribution in [0, 0.1) is 6.92 Å². The fraction of sp³-hybridized carbons (Fsp3) is 0.455. The second-order valence-electron chi connectivity index (χ2n) is 3.12. The summed E-state index contributed by atoms with van der Waals surface area (Å²) < 4.78 is 5.18. The Kier molecular flexibility index (Phi) is 4.29. The molecule has 0 heterocycles.